The molecule has 33 heavy (non-hydrogen) atoms. The van der Waals surface area contributed by atoms with Crippen LogP contribution in [0.1, 0.15) is 11.8 Å². The predicted molar refractivity (Wildman–Crippen MR) is 121 cm³/mol. The number of rotatable bonds is 5. The highest BCUT2D eigenvalue weighted by molar-refractivity contribution is 7.90. The van der Waals surface area contributed by atoms with Gasteiger partial charge in [-0.25, -0.2) is 13.1 Å². The number of sulfone groups is 1. The van der Waals surface area contributed by atoms with Crippen molar-refractivity contribution in [1.82, 2.24) is 9.78 Å². The molecule has 0 fully saturated rings. The average molecular weight is 513 g/mol. The molecule has 1 N–H and O–H groups in total. The lowest BCUT2D eigenvalue weighted by Gasteiger charge is -2.11. The summed E-state index contributed by atoms with van der Waals surface area (Å²) in [6.45, 7) is 0. The second-order valence-electron chi connectivity index (χ2n) is 7.23. The molecule has 11 heteroatoms. The van der Waals surface area contributed by atoms with Crippen molar-refractivity contribution in [3.8, 4) is 26.7 Å². The van der Waals surface area contributed by atoms with Gasteiger partial charge in [0.15, 0.2) is 15.9 Å². The number of hydrogen-bond donors (Lipinski definition) is 1. The van der Waals surface area contributed by atoms with Crippen LogP contribution < -0.4 is 0 Å². The maximum Gasteiger partial charge on any atom is 0.420 e. The molecule has 0 amide bonds. The zero-order chi connectivity index (χ0) is 24.0. The molecule has 0 aliphatic carbocycles. The lowest BCUT2D eigenvalue weighted by Crippen LogP contribution is -2.20. The van der Waals surface area contributed by atoms with E-state index in [4.69, 9.17) is 11.6 Å². The molecule has 5 nitrogen and oxygen atoms in total. The van der Waals surface area contributed by atoms with E-state index in [2.05, 4.69) is 5.10 Å². The summed E-state index contributed by atoms with van der Waals surface area (Å²) in [7, 11) is -3.40. The Bertz CT molecular complexity index is 1430. The van der Waals surface area contributed by atoms with Gasteiger partial charge in [0.05, 0.1) is 26.2 Å². The first-order valence-electron chi connectivity index (χ1n) is 9.45. The highest BCUT2D eigenvalue weighted by atomic mass is 35.5. The number of hydrogen-bond acceptors (Lipinski definition) is 5. The van der Waals surface area contributed by atoms with E-state index < -0.39 is 27.8 Å². The summed E-state index contributed by atoms with van der Waals surface area (Å²) in [6, 6.07) is 17.5. The zero-order valence-corrected chi connectivity index (χ0v) is 19.3. The van der Waals surface area contributed by atoms with Crippen molar-refractivity contribution in [1.29, 1.82) is 0 Å². The van der Waals surface area contributed by atoms with Crippen LogP contribution >= 0.6 is 22.9 Å². The van der Waals surface area contributed by atoms with Gasteiger partial charge in [0, 0.05) is 11.1 Å². The first-order valence-corrected chi connectivity index (χ1v) is 12.5. The van der Waals surface area contributed by atoms with E-state index in [-0.39, 0.29) is 9.92 Å². The highest BCUT2D eigenvalue weighted by Crippen LogP contribution is 2.39. The normalized spacial score (nSPS) is 13.3. The third kappa shape index (κ3) is 4.84. The summed E-state index contributed by atoms with van der Waals surface area (Å²) in [5.74, 6) is 0. The molecule has 4 rings (SSSR count). The molecule has 1 atom stereocenters. The third-order valence-corrected chi connectivity index (χ3v) is 7.39. The summed E-state index contributed by atoms with van der Waals surface area (Å²) < 4.78 is 64.5. The van der Waals surface area contributed by atoms with Gasteiger partial charge >= 0.3 is 6.18 Å². The van der Waals surface area contributed by atoms with Crippen LogP contribution in [-0.2, 0) is 9.84 Å². The molecule has 0 aliphatic heterocycles. The molecule has 0 bridgehead atoms. The van der Waals surface area contributed by atoms with E-state index in [1.807, 2.05) is 0 Å². The summed E-state index contributed by atoms with van der Waals surface area (Å²) in [5, 5.41) is 14.0. The Morgan fingerprint density at radius 2 is 1.73 bits per heavy atom. The fourth-order valence-corrected chi connectivity index (χ4v) is 5.08. The fourth-order valence-electron chi connectivity index (χ4n) is 3.19. The highest BCUT2D eigenvalue weighted by Gasteiger charge is 2.41. The van der Waals surface area contributed by atoms with E-state index in [0.717, 1.165) is 6.26 Å². The number of aliphatic hydroxyl groups is 1. The minimum atomic E-state index is -4.89. The van der Waals surface area contributed by atoms with Crippen LogP contribution in [0.3, 0.4) is 0 Å². The standard InChI is InChI=1S/C22H16ClF3N2O3S2/c1-33(30,31)14-6-4-5-13(11-14)19-9-10-20(32-19)18-12-16(21(29)22(24,25)26)27-28(18)17-8-3-2-7-15(17)23/h2-12,21,29H,1H3. The van der Waals surface area contributed by atoms with Gasteiger partial charge in [-0.3, -0.25) is 0 Å². The van der Waals surface area contributed by atoms with Crippen molar-refractivity contribution in [3.63, 3.8) is 0 Å². The van der Waals surface area contributed by atoms with Crippen LogP contribution in [0, 0.1) is 0 Å². The maximum atomic E-state index is 13.1. The van der Waals surface area contributed by atoms with Crippen LogP contribution in [0.15, 0.2) is 71.6 Å². The SMILES string of the molecule is CS(=O)(=O)c1cccc(-c2ccc(-c3cc(C(O)C(F)(F)F)nn3-c3ccccc3Cl)s2)c1. The molecule has 2 heterocycles. The molecular formula is C22H16ClF3N2O3S2. The zero-order valence-electron chi connectivity index (χ0n) is 16.9. The van der Waals surface area contributed by atoms with E-state index in [9.17, 15) is 26.7 Å². The number of halogens is 4. The second-order valence-corrected chi connectivity index (χ2v) is 10.7. The van der Waals surface area contributed by atoms with Gasteiger partial charge in [0.1, 0.15) is 5.69 Å². The number of para-hydroxylation sites is 1. The first-order chi connectivity index (χ1) is 15.4. The molecular weight excluding hydrogens is 497 g/mol. The van der Waals surface area contributed by atoms with Gasteiger partial charge < -0.3 is 5.11 Å². The lowest BCUT2D eigenvalue weighted by molar-refractivity contribution is -0.208. The van der Waals surface area contributed by atoms with Gasteiger partial charge in [0.25, 0.3) is 0 Å². The molecule has 4 aromatic rings. The fraction of sp³-hybridized carbons (Fsp3) is 0.136. The smallest absolute Gasteiger partial charge is 0.378 e. The minimum absolute atomic E-state index is 0.159. The number of aromatic nitrogens is 2. The Balaban J connectivity index is 1.84. The summed E-state index contributed by atoms with van der Waals surface area (Å²) >= 11 is 7.50. The van der Waals surface area contributed by atoms with Gasteiger partial charge in [-0.15, -0.1) is 11.3 Å². The number of benzene rings is 2. The molecule has 0 spiro atoms. The maximum absolute atomic E-state index is 13.1. The van der Waals surface area contributed by atoms with Crippen LogP contribution in [0.5, 0.6) is 0 Å². The van der Waals surface area contributed by atoms with E-state index in [0.29, 0.717) is 26.7 Å². The van der Waals surface area contributed by atoms with Crippen molar-refractivity contribution >= 4 is 32.8 Å². The van der Waals surface area contributed by atoms with Crippen molar-refractivity contribution in [2.75, 3.05) is 6.26 Å². The number of nitrogens with zero attached hydrogens (tertiary/aromatic N) is 2. The third-order valence-electron chi connectivity index (χ3n) is 4.80. The molecule has 172 valence electrons. The van der Waals surface area contributed by atoms with E-state index in [1.165, 1.54) is 34.2 Å². The van der Waals surface area contributed by atoms with Gasteiger partial charge in [0.2, 0.25) is 0 Å². The van der Waals surface area contributed by atoms with Crippen LogP contribution in [0.2, 0.25) is 5.02 Å². The van der Waals surface area contributed by atoms with Crippen molar-refractivity contribution in [2.45, 2.75) is 17.2 Å². The van der Waals surface area contributed by atoms with Crippen LogP contribution in [0.4, 0.5) is 13.2 Å². The number of alkyl halides is 3. The topological polar surface area (TPSA) is 72.2 Å². The Morgan fingerprint density at radius 3 is 2.39 bits per heavy atom. The van der Waals surface area contributed by atoms with Crippen molar-refractivity contribution in [3.05, 3.63) is 77.4 Å². The summed E-state index contributed by atoms with van der Waals surface area (Å²) in [5.41, 5.74) is 0.737. The molecule has 1 unspecified atom stereocenters. The number of thiophene rings is 1. The molecule has 2 aromatic heterocycles. The van der Waals surface area contributed by atoms with Crippen molar-refractivity contribution < 1.29 is 26.7 Å². The molecule has 0 aliphatic rings. The quantitative estimate of drug-likeness (QED) is 0.360. The van der Waals surface area contributed by atoms with Crippen LogP contribution in [-0.4, -0.2) is 35.7 Å². The van der Waals surface area contributed by atoms with E-state index in [1.54, 1.807) is 48.5 Å². The first kappa shape index (κ1) is 23.5. The predicted octanol–water partition coefficient (Wildman–Crippen LogP) is 5.92. The monoisotopic (exact) mass is 512 g/mol. The Hall–Kier alpha value is -2.66. The van der Waals surface area contributed by atoms with Gasteiger partial charge in [-0.1, -0.05) is 35.9 Å². The van der Waals surface area contributed by atoms with Crippen LogP contribution in [0.25, 0.3) is 26.7 Å². The molecule has 2 aromatic carbocycles. The Labute approximate surface area is 196 Å². The van der Waals surface area contributed by atoms with Gasteiger partial charge in [-0.05, 0) is 48.0 Å². The summed E-state index contributed by atoms with van der Waals surface area (Å²) in [4.78, 5) is 1.43. The Kier molecular flexibility index (Phi) is 6.12. The molecule has 0 saturated carbocycles. The largest absolute Gasteiger partial charge is 0.420 e. The average Bonchev–Trinajstić information content (AvgIpc) is 3.40. The van der Waals surface area contributed by atoms with Gasteiger partial charge in [-0.2, -0.15) is 18.3 Å². The second kappa shape index (κ2) is 8.60. The molecule has 0 saturated heterocycles. The number of aliphatic hydroxyl groups excluding tert-OH is 1. The molecule has 0 radical (unpaired) electrons. The lowest BCUT2D eigenvalue weighted by atomic mass is 10.2. The Morgan fingerprint density at radius 1 is 1.03 bits per heavy atom. The van der Waals surface area contributed by atoms with Crippen molar-refractivity contribution in [2.24, 2.45) is 0 Å². The van der Waals surface area contributed by atoms with E-state index >= 15 is 0 Å². The minimum Gasteiger partial charge on any atom is -0.378 e. The summed E-state index contributed by atoms with van der Waals surface area (Å²) in [6.07, 6.45) is -6.53.